The summed E-state index contributed by atoms with van der Waals surface area (Å²) in [4.78, 5) is 0. The second-order valence-corrected chi connectivity index (χ2v) is 3.12. The van der Waals surface area contributed by atoms with Crippen LogP contribution in [0.25, 0.3) is 0 Å². The first-order valence-electron chi connectivity index (χ1n) is 4.47. The standard InChI is InChI=1S/C12H18O/c1-5-7-12(13)9-8-11(6-2)10(3)4/h5-10,13H,2H2,1,3-4H3/b7-5-,11-8+,12-9+. The lowest BCUT2D eigenvalue weighted by atomic mass is 10.0. The van der Waals surface area contributed by atoms with Crippen LogP contribution in [0.4, 0.5) is 0 Å². The molecule has 0 aromatic carbocycles. The average Bonchev–Trinajstić information content (AvgIpc) is 2.05. The molecule has 0 heterocycles. The first-order valence-corrected chi connectivity index (χ1v) is 4.47. The van der Waals surface area contributed by atoms with E-state index in [0.717, 1.165) is 5.57 Å². The van der Waals surface area contributed by atoms with Crippen molar-refractivity contribution in [3.05, 3.63) is 48.3 Å². The molecular weight excluding hydrogens is 160 g/mol. The third kappa shape index (κ3) is 5.07. The Hall–Kier alpha value is -1.24. The molecule has 0 aliphatic rings. The normalized spacial score (nSPS) is 14.2. The predicted octanol–water partition coefficient (Wildman–Crippen LogP) is 3.77. The van der Waals surface area contributed by atoms with Gasteiger partial charge in [0, 0.05) is 0 Å². The third-order valence-corrected chi connectivity index (χ3v) is 1.69. The molecule has 0 aliphatic carbocycles. The molecule has 0 bridgehead atoms. The van der Waals surface area contributed by atoms with Gasteiger partial charge in [0.25, 0.3) is 0 Å². The molecule has 13 heavy (non-hydrogen) atoms. The van der Waals surface area contributed by atoms with E-state index in [1.807, 2.05) is 19.1 Å². The zero-order valence-electron chi connectivity index (χ0n) is 8.62. The van der Waals surface area contributed by atoms with Crippen molar-refractivity contribution < 1.29 is 5.11 Å². The Morgan fingerprint density at radius 2 is 1.92 bits per heavy atom. The lowest BCUT2D eigenvalue weighted by Gasteiger charge is -2.03. The third-order valence-electron chi connectivity index (χ3n) is 1.69. The summed E-state index contributed by atoms with van der Waals surface area (Å²) in [7, 11) is 0. The Kier molecular flexibility index (Phi) is 5.69. The molecule has 1 N–H and O–H groups in total. The van der Waals surface area contributed by atoms with E-state index < -0.39 is 0 Å². The van der Waals surface area contributed by atoms with Crippen molar-refractivity contribution >= 4 is 0 Å². The van der Waals surface area contributed by atoms with Gasteiger partial charge >= 0.3 is 0 Å². The van der Waals surface area contributed by atoms with Crippen molar-refractivity contribution in [2.24, 2.45) is 5.92 Å². The van der Waals surface area contributed by atoms with Crippen LogP contribution in [0.2, 0.25) is 0 Å². The highest BCUT2D eigenvalue weighted by atomic mass is 16.3. The fourth-order valence-electron chi connectivity index (χ4n) is 0.904. The van der Waals surface area contributed by atoms with E-state index in [9.17, 15) is 5.11 Å². The Labute approximate surface area is 80.8 Å². The van der Waals surface area contributed by atoms with Gasteiger partial charge in [0.1, 0.15) is 5.76 Å². The van der Waals surface area contributed by atoms with Gasteiger partial charge in [0.15, 0.2) is 0 Å². The second kappa shape index (κ2) is 6.30. The highest BCUT2D eigenvalue weighted by Crippen LogP contribution is 2.10. The Morgan fingerprint density at radius 3 is 2.31 bits per heavy atom. The minimum absolute atomic E-state index is 0.266. The summed E-state index contributed by atoms with van der Waals surface area (Å²) < 4.78 is 0. The first kappa shape index (κ1) is 11.8. The van der Waals surface area contributed by atoms with Crippen LogP contribution in [0, 0.1) is 5.92 Å². The first-order chi connectivity index (χ1) is 6.11. The highest BCUT2D eigenvalue weighted by Gasteiger charge is 1.95. The molecule has 0 atom stereocenters. The van der Waals surface area contributed by atoms with Crippen molar-refractivity contribution in [3.63, 3.8) is 0 Å². The summed E-state index contributed by atoms with van der Waals surface area (Å²) in [6.45, 7) is 9.76. The zero-order valence-corrected chi connectivity index (χ0v) is 8.62. The second-order valence-electron chi connectivity index (χ2n) is 3.12. The minimum atomic E-state index is 0.266. The molecule has 0 spiro atoms. The molecule has 0 saturated carbocycles. The molecule has 72 valence electrons. The summed E-state index contributed by atoms with van der Waals surface area (Å²) in [5.41, 5.74) is 1.12. The molecule has 0 aromatic heterocycles. The summed E-state index contributed by atoms with van der Waals surface area (Å²) in [6, 6.07) is 0. The quantitative estimate of drug-likeness (QED) is 0.513. The van der Waals surface area contributed by atoms with Gasteiger partial charge in [-0.25, -0.2) is 0 Å². The molecule has 0 aliphatic heterocycles. The number of aliphatic hydroxyl groups excluding tert-OH is 1. The molecule has 0 saturated heterocycles. The number of allylic oxidation sites excluding steroid dienone is 6. The Balaban J connectivity index is 4.53. The average molecular weight is 178 g/mol. The minimum Gasteiger partial charge on any atom is -0.508 e. The molecule has 1 heteroatoms. The van der Waals surface area contributed by atoms with E-state index >= 15 is 0 Å². The smallest absolute Gasteiger partial charge is 0.115 e. The fraction of sp³-hybridized carbons (Fsp3) is 0.333. The number of rotatable bonds is 4. The maximum atomic E-state index is 9.27. The van der Waals surface area contributed by atoms with E-state index in [-0.39, 0.29) is 5.76 Å². The maximum absolute atomic E-state index is 9.27. The summed E-state index contributed by atoms with van der Waals surface area (Å²) in [5, 5.41) is 9.27. The van der Waals surface area contributed by atoms with Crippen LogP contribution < -0.4 is 0 Å². The van der Waals surface area contributed by atoms with Crippen molar-refractivity contribution in [1.82, 2.24) is 0 Å². The topological polar surface area (TPSA) is 20.2 Å². The lowest BCUT2D eigenvalue weighted by molar-refractivity contribution is 0.432. The molecule has 1 nitrogen and oxygen atoms in total. The van der Waals surface area contributed by atoms with Crippen LogP contribution in [-0.4, -0.2) is 5.11 Å². The van der Waals surface area contributed by atoms with E-state index in [1.165, 1.54) is 0 Å². The van der Waals surface area contributed by atoms with Gasteiger partial charge in [-0.3, -0.25) is 0 Å². The van der Waals surface area contributed by atoms with Gasteiger partial charge in [-0.05, 0) is 30.6 Å². The summed E-state index contributed by atoms with van der Waals surface area (Å²) in [6.07, 6.45) is 8.81. The fourth-order valence-corrected chi connectivity index (χ4v) is 0.904. The van der Waals surface area contributed by atoms with E-state index in [4.69, 9.17) is 0 Å². The summed E-state index contributed by atoms with van der Waals surface area (Å²) >= 11 is 0. The summed E-state index contributed by atoms with van der Waals surface area (Å²) in [5.74, 6) is 0.703. The van der Waals surface area contributed by atoms with Crippen molar-refractivity contribution in [2.75, 3.05) is 0 Å². The predicted molar refractivity (Wildman–Crippen MR) is 58.6 cm³/mol. The molecule has 0 fully saturated rings. The monoisotopic (exact) mass is 178 g/mol. The maximum Gasteiger partial charge on any atom is 0.115 e. The molecular formula is C12H18O. The van der Waals surface area contributed by atoms with Gasteiger partial charge < -0.3 is 5.11 Å². The van der Waals surface area contributed by atoms with Crippen LogP contribution in [-0.2, 0) is 0 Å². The van der Waals surface area contributed by atoms with Gasteiger partial charge in [-0.1, -0.05) is 38.7 Å². The van der Waals surface area contributed by atoms with E-state index in [1.54, 1.807) is 18.2 Å². The lowest BCUT2D eigenvalue weighted by Crippen LogP contribution is -1.88. The van der Waals surface area contributed by atoms with E-state index in [2.05, 4.69) is 20.4 Å². The van der Waals surface area contributed by atoms with Crippen molar-refractivity contribution in [2.45, 2.75) is 20.8 Å². The molecule has 0 unspecified atom stereocenters. The number of hydrogen-bond acceptors (Lipinski definition) is 1. The Bertz CT molecular complexity index is 242. The highest BCUT2D eigenvalue weighted by molar-refractivity contribution is 5.27. The SMILES string of the molecule is C=C\C(=C/C=C(O)\C=C/C)C(C)C. The molecule has 0 aromatic rings. The molecule has 0 radical (unpaired) electrons. The van der Waals surface area contributed by atoms with Crippen LogP contribution >= 0.6 is 0 Å². The van der Waals surface area contributed by atoms with Crippen LogP contribution in [0.3, 0.4) is 0 Å². The van der Waals surface area contributed by atoms with Crippen LogP contribution in [0.1, 0.15) is 20.8 Å². The van der Waals surface area contributed by atoms with Crippen molar-refractivity contribution in [3.8, 4) is 0 Å². The van der Waals surface area contributed by atoms with Crippen LogP contribution in [0.5, 0.6) is 0 Å². The molecule has 0 rings (SSSR count). The van der Waals surface area contributed by atoms with Crippen molar-refractivity contribution in [1.29, 1.82) is 0 Å². The number of aliphatic hydroxyl groups is 1. The molecule has 0 amide bonds. The van der Waals surface area contributed by atoms with Crippen LogP contribution in [0.15, 0.2) is 48.3 Å². The largest absolute Gasteiger partial charge is 0.508 e. The van der Waals surface area contributed by atoms with E-state index in [0.29, 0.717) is 5.92 Å². The van der Waals surface area contributed by atoms with Gasteiger partial charge in [-0.2, -0.15) is 0 Å². The Morgan fingerprint density at radius 1 is 1.31 bits per heavy atom. The van der Waals surface area contributed by atoms with Gasteiger partial charge in [-0.15, -0.1) is 0 Å². The number of hydrogen-bond donors (Lipinski definition) is 1. The zero-order chi connectivity index (χ0) is 10.3. The van der Waals surface area contributed by atoms with Gasteiger partial charge in [0.05, 0.1) is 0 Å². The van der Waals surface area contributed by atoms with Gasteiger partial charge in [0.2, 0.25) is 0 Å².